The van der Waals surface area contributed by atoms with Crippen LogP contribution in [0.15, 0.2) is 18.2 Å². The van der Waals surface area contributed by atoms with Gasteiger partial charge >= 0.3 is 0 Å². The minimum absolute atomic E-state index is 0.228. The van der Waals surface area contributed by atoms with Crippen molar-refractivity contribution in [1.82, 2.24) is 10.6 Å². The molecule has 1 saturated heterocycles. The number of unbranched alkanes of at least 4 members (excludes halogenated alkanes) is 1. The zero-order valence-corrected chi connectivity index (χ0v) is 12.7. The van der Waals surface area contributed by atoms with Crippen LogP contribution in [0.4, 0.5) is 0 Å². The molecule has 0 bridgehead atoms. The Balaban J connectivity index is 1.99. The summed E-state index contributed by atoms with van der Waals surface area (Å²) in [5, 5.41) is 6.36. The van der Waals surface area contributed by atoms with Gasteiger partial charge in [0.15, 0.2) is 17.8 Å². The van der Waals surface area contributed by atoms with E-state index >= 15 is 0 Å². The van der Waals surface area contributed by atoms with E-state index in [4.69, 9.17) is 9.47 Å². The smallest absolute Gasteiger partial charge is 0.161 e. The molecule has 1 aliphatic heterocycles. The van der Waals surface area contributed by atoms with Gasteiger partial charge in [0, 0.05) is 12.6 Å². The first-order valence-electron chi connectivity index (χ1n) is 7.51. The third-order valence-electron chi connectivity index (χ3n) is 3.60. The third-order valence-corrected chi connectivity index (χ3v) is 3.60. The topological polar surface area (TPSA) is 59.6 Å². The maximum Gasteiger partial charge on any atom is 0.161 e. The second-order valence-corrected chi connectivity index (χ2v) is 5.28. The average Bonchev–Trinajstić information content (AvgIpc) is 2.95. The molecular formula is C16H24N2O3. The van der Waals surface area contributed by atoms with Crippen LogP contribution in [0.1, 0.15) is 25.3 Å². The van der Waals surface area contributed by atoms with Crippen LogP contribution in [0.2, 0.25) is 0 Å². The highest BCUT2D eigenvalue weighted by Crippen LogP contribution is 2.28. The van der Waals surface area contributed by atoms with Crippen molar-refractivity contribution in [2.75, 3.05) is 20.3 Å². The fraction of sp³-hybridized carbons (Fsp3) is 0.562. The molecule has 116 valence electrons. The molecule has 0 spiro atoms. The standard InChI is InChI=1S/C16H24N2O3/c1-3-4-7-21-15-9-12(5-6-14(15)20-2)8-13-10-17-16(11-19)18-13/h5-6,9,11,13,16-18H,3-4,7-8,10H2,1-2H3. The van der Waals surface area contributed by atoms with Crippen LogP contribution in [0.25, 0.3) is 0 Å². The van der Waals surface area contributed by atoms with E-state index < -0.39 is 0 Å². The van der Waals surface area contributed by atoms with E-state index in [2.05, 4.69) is 17.6 Å². The number of aldehydes is 1. The number of rotatable bonds is 8. The summed E-state index contributed by atoms with van der Waals surface area (Å²) in [4.78, 5) is 10.7. The number of hydrogen-bond donors (Lipinski definition) is 2. The molecule has 1 aromatic carbocycles. The molecule has 0 amide bonds. The maximum absolute atomic E-state index is 10.7. The lowest BCUT2D eigenvalue weighted by Crippen LogP contribution is -2.35. The molecule has 1 heterocycles. The number of ether oxygens (including phenoxy) is 2. The van der Waals surface area contributed by atoms with Crippen molar-refractivity contribution in [3.8, 4) is 11.5 Å². The molecule has 2 atom stereocenters. The Bertz CT molecular complexity index is 465. The molecule has 0 aliphatic carbocycles. The zero-order chi connectivity index (χ0) is 15.1. The van der Waals surface area contributed by atoms with Gasteiger partial charge in [0.05, 0.1) is 13.7 Å². The van der Waals surface area contributed by atoms with Gasteiger partial charge in [-0.1, -0.05) is 19.4 Å². The molecule has 0 aromatic heterocycles. The average molecular weight is 292 g/mol. The van der Waals surface area contributed by atoms with E-state index in [1.807, 2.05) is 18.2 Å². The second-order valence-electron chi connectivity index (χ2n) is 5.28. The maximum atomic E-state index is 10.7. The van der Waals surface area contributed by atoms with Crippen molar-refractivity contribution in [3.05, 3.63) is 23.8 Å². The van der Waals surface area contributed by atoms with Crippen molar-refractivity contribution in [3.63, 3.8) is 0 Å². The minimum Gasteiger partial charge on any atom is -0.493 e. The zero-order valence-electron chi connectivity index (χ0n) is 12.7. The first-order chi connectivity index (χ1) is 10.3. The van der Waals surface area contributed by atoms with E-state index in [1.54, 1.807) is 7.11 Å². The summed E-state index contributed by atoms with van der Waals surface area (Å²) in [5.41, 5.74) is 1.17. The molecular weight excluding hydrogens is 268 g/mol. The van der Waals surface area contributed by atoms with Crippen LogP contribution in [-0.4, -0.2) is 38.8 Å². The van der Waals surface area contributed by atoms with Gasteiger partial charge in [0.2, 0.25) is 0 Å². The molecule has 5 heteroatoms. The number of carbonyl (C=O) groups excluding carboxylic acids is 1. The molecule has 1 fully saturated rings. The Hall–Kier alpha value is -1.59. The van der Waals surface area contributed by atoms with Crippen molar-refractivity contribution < 1.29 is 14.3 Å². The summed E-state index contributed by atoms with van der Waals surface area (Å²) in [5.74, 6) is 1.56. The lowest BCUT2D eigenvalue weighted by molar-refractivity contribution is -0.109. The second kappa shape index (κ2) is 8.00. The SMILES string of the molecule is CCCCOc1cc(CC2CNC(C=O)N2)ccc1OC. The predicted octanol–water partition coefficient (Wildman–Crippen LogP) is 1.50. The van der Waals surface area contributed by atoms with Crippen LogP contribution < -0.4 is 20.1 Å². The van der Waals surface area contributed by atoms with Gasteiger partial charge < -0.3 is 14.3 Å². The molecule has 0 radical (unpaired) electrons. The van der Waals surface area contributed by atoms with Gasteiger partial charge in [-0.25, -0.2) is 0 Å². The molecule has 21 heavy (non-hydrogen) atoms. The van der Waals surface area contributed by atoms with Gasteiger partial charge in [-0.2, -0.15) is 0 Å². The van der Waals surface area contributed by atoms with Gasteiger partial charge in [-0.05, 0) is 30.5 Å². The van der Waals surface area contributed by atoms with E-state index in [0.717, 1.165) is 43.6 Å². The van der Waals surface area contributed by atoms with Crippen molar-refractivity contribution >= 4 is 6.29 Å². The fourth-order valence-electron chi connectivity index (χ4n) is 2.43. The van der Waals surface area contributed by atoms with Gasteiger partial charge in [0.1, 0.15) is 6.17 Å². The summed E-state index contributed by atoms with van der Waals surface area (Å²) in [6.45, 7) is 3.63. The lowest BCUT2D eigenvalue weighted by atomic mass is 10.1. The predicted molar refractivity (Wildman–Crippen MR) is 81.9 cm³/mol. The van der Waals surface area contributed by atoms with E-state index in [0.29, 0.717) is 6.61 Å². The summed E-state index contributed by atoms with van der Waals surface area (Å²) in [6.07, 6.45) is 3.65. The highest BCUT2D eigenvalue weighted by Gasteiger charge is 2.22. The molecule has 1 aromatic rings. The molecule has 0 saturated carbocycles. The largest absolute Gasteiger partial charge is 0.493 e. The number of hydrogen-bond acceptors (Lipinski definition) is 5. The van der Waals surface area contributed by atoms with Gasteiger partial charge in [-0.3, -0.25) is 10.6 Å². The Morgan fingerprint density at radius 3 is 2.90 bits per heavy atom. The fourth-order valence-corrected chi connectivity index (χ4v) is 2.43. The molecule has 2 unspecified atom stereocenters. The summed E-state index contributed by atoms with van der Waals surface area (Å²) < 4.78 is 11.1. The third kappa shape index (κ3) is 4.44. The molecule has 2 rings (SSSR count). The van der Waals surface area contributed by atoms with Crippen molar-refractivity contribution in [2.24, 2.45) is 0 Å². The lowest BCUT2D eigenvalue weighted by Gasteiger charge is -2.14. The van der Waals surface area contributed by atoms with Gasteiger partial charge in [0.25, 0.3) is 0 Å². The Labute approximate surface area is 126 Å². The van der Waals surface area contributed by atoms with E-state index in [1.165, 1.54) is 5.56 Å². The molecule has 2 N–H and O–H groups in total. The number of nitrogens with one attached hydrogen (secondary N) is 2. The van der Waals surface area contributed by atoms with Crippen LogP contribution in [0.5, 0.6) is 11.5 Å². The minimum atomic E-state index is -0.228. The Morgan fingerprint density at radius 1 is 1.38 bits per heavy atom. The quantitative estimate of drug-likeness (QED) is 0.562. The van der Waals surface area contributed by atoms with Crippen LogP contribution in [-0.2, 0) is 11.2 Å². The molecule has 5 nitrogen and oxygen atoms in total. The highest BCUT2D eigenvalue weighted by molar-refractivity contribution is 5.57. The van der Waals surface area contributed by atoms with Crippen molar-refractivity contribution in [1.29, 1.82) is 0 Å². The number of methoxy groups -OCH3 is 1. The number of benzene rings is 1. The number of carbonyl (C=O) groups is 1. The highest BCUT2D eigenvalue weighted by atomic mass is 16.5. The summed E-state index contributed by atoms with van der Waals surface area (Å²) in [7, 11) is 1.65. The van der Waals surface area contributed by atoms with Crippen LogP contribution in [0.3, 0.4) is 0 Å². The normalized spacial score (nSPS) is 21.2. The summed E-state index contributed by atoms with van der Waals surface area (Å²) >= 11 is 0. The van der Waals surface area contributed by atoms with E-state index in [-0.39, 0.29) is 12.2 Å². The Morgan fingerprint density at radius 2 is 2.24 bits per heavy atom. The monoisotopic (exact) mass is 292 g/mol. The Kier molecular flexibility index (Phi) is 6.02. The van der Waals surface area contributed by atoms with Crippen LogP contribution in [0, 0.1) is 0 Å². The van der Waals surface area contributed by atoms with Crippen molar-refractivity contribution in [2.45, 2.75) is 38.4 Å². The first-order valence-corrected chi connectivity index (χ1v) is 7.51. The first kappa shape index (κ1) is 15.8. The molecule has 1 aliphatic rings. The van der Waals surface area contributed by atoms with E-state index in [9.17, 15) is 4.79 Å². The summed E-state index contributed by atoms with van der Waals surface area (Å²) in [6, 6.07) is 6.28. The van der Waals surface area contributed by atoms with Gasteiger partial charge in [-0.15, -0.1) is 0 Å². The van der Waals surface area contributed by atoms with Crippen LogP contribution >= 0.6 is 0 Å².